The molecule has 0 aromatic carbocycles. The molecule has 3 unspecified atom stereocenters. The molecule has 88 valence electrons. The molecule has 0 saturated carbocycles. The van der Waals surface area contributed by atoms with E-state index >= 15 is 0 Å². The molecule has 0 aromatic rings. The number of nitrogens with two attached hydrogens (primary N) is 1. The van der Waals surface area contributed by atoms with E-state index in [1.807, 2.05) is 0 Å². The summed E-state index contributed by atoms with van der Waals surface area (Å²) >= 11 is 0. The highest BCUT2D eigenvalue weighted by Gasteiger charge is 2.40. The molecule has 0 aliphatic carbocycles. The molecule has 2 heterocycles. The van der Waals surface area contributed by atoms with Crippen LogP contribution >= 0.6 is 0 Å². The second-order valence-electron chi connectivity index (χ2n) is 4.37. The molecule has 6 heteroatoms. The maximum absolute atomic E-state index is 12.0. The molecule has 3 atom stereocenters. The van der Waals surface area contributed by atoms with Crippen molar-refractivity contribution >= 4 is 10.0 Å². The van der Waals surface area contributed by atoms with Crippen molar-refractivity contribution in [3.05, 3.63) is 0 Å². The summed E-state index contributed by atoms with van der Waals surface area (Å²) in [6, 6.07) is 0. The molecular formula is C9H18N2O3S. The molecule has 2 aliphatic heterocycles. The SMILES string of the molecule is CC(CN)S(=O)(=O)N1CC2CCC(C1)O2. The van der Waals surface area contributed by atoms with Crippen LogP contribution in [0.15, 0.2) is 0 Å². The summed E-state index contributed by atoms with van der Waals surface area (Å²) in [5.74, 6) is 0. The Hall–Kier alpha value is -0.170. The lowest BCUT2D eigenvalue weighted by molar-refractivity contribution is -0.0116. The van der Waals surface area contributed by atoms with Gasteiger partial charge in [0.2, 0.25) is 10.0 Å². The number of hydrogen-bond acceptors (Lipinski definition) is 4. The zero-order valence-corrected chi connectivity index (χ0v) is 9.74. The van der Waals surface area contributed by atoms with Gasteiger partial charge in [0.25, 0.3) is 0 Å². The molecule has 5 nitrogen and oxygen atoms in total. The fourth-order valence-corrected chi connectivity index (χ4v) is 3.66. The van der Waals surface area contributed by atoms with Gasteiger partial charge in [0.1, 0.15) is 0 Å². The highest BCUT2D eigenvalue weighted by atomic mass is 32.2. The van der Waals surface area contributed by atoms with E-state index < -0.39 is 15.3 Å². The van der Waals surface area contributed by atoms with Crippen molar-refractivity contribution in [2.75, 3.05) is 19.6 Å². The van der Waals surface area contributed by atoms with Crippen molar-refractivity contribution in [2.24, 2.45) is 5.73 Å². The van der Waals surface area contributed by atoms with Gasteiger partial charge >= 0.3 is 0 Å². The van der Waals surface area contributed by atoms with Crippen LogP contribution in [0.1, 0.15) is 19.8 Å². The van der Waals surface area contributed by atoms with E-state index in [1.54, 1.807) is 11.2 Å². The number of nitrogens with zero attached hydrogens (tertiary/aromatic N) is 1. The van der Waals surface area contributed by atoms with Gasteiger partial charge in [0, 0.05) is 19.6 Å². The van der Waals surface area contributed by atoms with Crippen LogP contribution in [0.25, 0.3) is 0 Å². The van der Waals surface area contributed by atoms with E-state index in [0.29, 0.717) is 13.1 Å². The van der Waals surface area contributed by atoms with E-state index in [1.165, 1.54) is 0 Å². The third-order valence-corrected chi connectivity index (χ3v) is 5.44. The highest BCUT2D eigenvalue weighted by Crippen LogP contribution is 2.28. The largest absolute Gasteiger partial charge is 0.372 e. The number of hydrogen-bond donors (Lipinski definition) is 1. The Morgan fingerprint density at radius 1 is 1.40 bits per heavy atom. The normalized spacial score (nSPS) is 34.3. The number of morpholine rings is 1. The number of fused-ring (bicyclic) bond motifs is 2. The summed E-state index contributed by atoms with van der Waals surface area (Å²) in [5.41, 5.74) is 5.41. The Kier molecular flexibility index (Phi) is 3.03. The molecule has 0 radical (unpaired) electrons. The highest BCUT2D eigenvalue weighted by molar-refractivity contribution is 7.89. The zero-order valence-electron chi connectivity index (χ0n) is 8.93. The standard InChI is InChI=1S/C9H18N2O3S/c1-7(4-10)15(12,13)11-5-8-2-3-9(6-11)14-8/h7-9H,2-6,10H2,1H3. The summed E-state index contributed by atoms with van der Waals surface area (Å²) in [4.78, 5) is 0. The van der Waals surface area contributed by atoms with E-state index in [-0.39, 0.29) is 18.8 Å². The first-order chi connectivity index (χ1) is 7.04. The lowest BCUT2D eigenvalue weighted by Crippen LogP contribution is -2.49. The molecule has 15 heavy (non-hydrogen) atoms. The van der Waals surface area contributed by atoms with Crippen LogP contribution in [0.2, 0.25) is 0 Å². The Labute approximate surface area is 90.6 Å². The Morgan fingerprint density at radius 3 is 2.40 bits per heavy atom. The monoisotopic (exact) mass is 234 g/mol. The van der Waals surface area contributed by atoms with Crippen LogP contribution in [0.5, 0.6) is 0 Å². The quantitative estimate of drug-likeness (QED) is 0.716. The van der Waals surface area contributed by atoms with Crippen LogP contribution in [0.4, 0.5) is 0 Å². The van der Waals surface area contributed by atoms with Crippen LogP contribution in [0.3, 0.4) is 0 Å². The maximum Gasteiger partial charge on any atom is 0.218 e. The minimum atomic E-state index is -3.21. The molecule has 2 aliphatic rings. The van der Waals surface area contributed by atoms with Crippen LogP contribution < -0.4 is 5.73 Å². The van der Waals surface area contributed by atoms with Crippen molar-refractivity contribution in [3.8, 4) is 0 Å². The minimum absolute atomic E-state index is 0.100. The van der Waals surface area contributed by atoms with Gasteiger partial charge in [0.05, 0.1) is 17.5 Å². The van der Waals surface area contributed by atoms with Gasteiger partial charge in [0.15, 0.2) is 0 Å². The first-order valence-corrected chi connectivity index (χ1v) is 6.89. The lowest BCUT2D eigenvalue weighted by Gasteiger charge is -2.32. The summed E-state index contributed by atoms with van der Waals surface area (Å²) in [6.07, 6.45) is 2.16. The lowest BCUT2D eigenvalue weighted by atomic mass is 10.2. The fourth-order valence-electron chi connectivity index (χ4n) is 2.16. The first kappa shape index (κ1) is 11.3. The molecular weight excluding hydrogens is 216 g/mol. The molecule has 2 saturated heterocycles. The van der Waals surface area contributed by atoms with Gasteiger partial charge in [-0.2, -0.15) is 4.31 Å². The van der Waals surface area contributed by atoms with E-state index in [9.17, 15) is 8.42 Å². The summed E-state index contributed by atoms with van der Waals surface area (Å²) < 4.78 is 31.2. The fraction of sp³-hybridized carbons (Fsp3) is 1.00. The number of sulfonamides is 1. The van der Waals surface area contributed by atoms with Crippen molar-refractivity contribution in [2.45, 2.75) is 37.2 Å². The average molecular weight is 234 g/mol. The van der Waals surface area contributed by atoms with E-state index in [2.05, 4.69) is 0 Å². The Morgan fingerprint density at radius 2 is 1.93 bits per heavy atom. The Balaban J connectivity index is 2.11. The van der Waals surface area contributed by atoms with Gasteiger partial charge in [-0.15, -0.1) is 0 Å². The van der Waals surface area contributed by atoms with Crippen molar-refractivity contribution in [1.82, 2.24) is 4.31 Å². The third-order valence-electron chi connectivity index (χ3n) is 3.21. The summed E-state index contributed by atoms with van der Waals surface area (Å²) in [7, 11) is -3.21. The average Bonchev–Trinajstić information content (AvgIpc) is 2.56. The smallest absolute Gasteiger partial charge is 0.218 e. The van der Waals surface area contributed by atoms with Gasteiger partial charge in [-0.1, -0.05) is 0 Å². The second-order valence-corrected chi connectivity index (χ2v) is 6.72. The second kappa shape index (κ2) is 4.01. The molecule has 2 N–H and O–H groups in total. The van der Waals surface area contributed by atoms with Crippen LogP contribution in [-0.4, -0.2) is 49.8 Å². The van der Waals surface area contributed by atoms with Crippen LogP contribution in [-0.2, 0) is 14.8 Å². The van der Waals surface area contributed by atoms with Gasteiger partial charge in [-0.05, 0) is 19.8 Å². The molecule has 0 amide bonds. The van der Waals surface area contributed by atoms with Gasteiger partial charge in [-0.25, -0.2) is 8.42 Å². The number of ether oxygens (including phenoxy) is 1. The molecule has 2 fully saturated rings. The van der Waals surface area contributed by atoms with Gasteiger partial charge in [-0.3, -0.25) is 0 Å². The molecule has 2 rings (SSSR count). The topological polar surface area (TPSA) is 72.6 Å². The first-order valence-electron chi connectivity index (χ1n) is 5.38. The Bertz CT molecular complexity index is 318. The molecule has 0 aromatic heterocycles. The summed E-state index contributed by atoms with van der Waals surface area (Å²) in [6.45, 7) is 2.84. The minimum Gasteiger partial charge on any atom is -0.372 e. The predicted octanol–water partition coefficient (Wildman–Crippen LogP) is -0.473. The van der Waals surface area contributed by atoms with Crippen LogP contribution in [0, 0.1) is 0 Å². The third kappa shape index (κ3) is 2.04. The summed E-state index contributed by atoms with van der Waals surface area (Å²) in [5, 5.41) is -0.491. The van der Waals surface area contributed by atoms with Crippen molar-refractivity contribution < 1.29 is 13.2 Å². The van der Waals surface area contributed by atoms with Gasteiger partial charge < -0.3 is 10.5 Å². The predicted molar refractivity (Wildman–Crippen MR) is 56.9 cm³/mol. The van der Waals surface area contributed by atoms with E-state index in [4.69, 9.17) is 10.5 Å². The zero-order chi connectivity index (χ0) is 11.1. The molecule has 0 spiro atoms. The van der Waals surface area contributed by atoms with Crippen molar-refractivity contribution in [1.29, 1.82) is 0 Å². The van der Waals surface area contributed by atoms with Crippen molar-refractivity contribution in [3.63, 3.8) is 0 Å². The number of rotatable bonds is 3. The maximum atomic E-state index is 12.0. The van der Waals surface area contributed by atoms with E-state index in [0.717, 1.165) is 12.8 Å². The molecule has 2 bridgehead atoms.